The third-order valence-corrected chi connectivity index (χ3v) is 4.14. The van der Waals surface area contributed by atoms with E-state index in [4.69, 9.17) is 5.73 Å². The van der Waals surface area contributed by atoms with Crippen molar-refractivity contribution >= 4 is 22.5 Å². The normalized spacial score (nSPS) is 17.1. The van der Waals surface area contributed by atoms with E-state index >= 15 is 0 Å². The van der Waals surface area contributed by atoms with E-state index in [1.165, 1.54) is 6.42 Å². The molecule has 0 unspecified atom stereocenters. The molecule has 2 aromatic rings. The number of nitrogens with zero attached hydrogens (tertiary/aromatic N) is 1. The van der Waals surface area contributed by atoms with Crippen molar-refractivity contribution in [1.82, 2.24) is 10.2 Å². The van der Waals surface area contributed by atoms with Gasteiger partial charge in [-0.15, -0.1) is 0 Å². The number of fused-ring (bicyclic) bond motifs is 1. The number of rotatable bonds is 4. The topological polar surface area (TPSA) is 83.8 Å². The van der Waals surface area contributed by atoms with E-state index < -0.39 is 0 Å². The molecule has 1 saturated carbocycles. The fraction of sp³-hybridized carbons (Fsp3) is 0.429. The van der Waals surface area contributed by atoms with Gasteiger partial charge in [-0.05, 0) is 36.9 Å². The van der Waals surface area contributed by atoms with Gasteiger partial charge in [-0.25, -0.2) is 0 Å². The number of amides is 1. The lowest BCUT2D eigenvalue weighted by Gasteiger charge is -2.40. The number of nitrogens with two attached hydrogens (primary N) is 1. The maximum Gasteiger partial charge on any atom is 0.224 e. The van der Waals surface area contributed by atoms with Crippen LogP contribution < -0.4 is 11.1 Å². The van der Waals surface area contributed by atoms with Gasteiger partial charge in [-0.2, -0.15) is 5.10 Å². The Morgan fingerprint density at radius 1 is 1.47 bits per heavy atom. The van der Waals surface area contributed by atoms with E-state index in [9.17, 15) is 4.79 Å². The van der Waals surface area contributed by atoms with E-state index in [1.54, 1.807) is 6.20 Å². The second-order valence-corrected chi connectivity index (χ2v) is 5.42. The molecule has 1 aliphatic rings. The molecule has 1 amide bonds. The summed E-state index contributed by atoms with van der Waals surface area (Å²) in [5.74, 6) is 0.0406. The zero-order valence-electron chi connectivity index (χ0n) is 10.8. The summed E-state index contributed by atoms with van der Waals surface area (Å²) in [5.41, 5.74) is 7.56. The Bertz CT molecular complexity index is 595. The fourth-order valence-corrected chi connectivity index (χ4v) is 2.74. The standard InChI is InChI=1S/C14H18N4O/c15-9-14(5-2-6-14)7-13(19)17-11-3-1-4-12-10(11)8-16-18-12/h1,3-4,8H,2,5-7,9,15H2,(H,16,18)(H,17,19). The highest BCUT2D eigenvalue weighted by Crippen LogP contribution is 2.43. The van der Waals surface area contributed by atoms with Gasteiger partial charge in [-0.3, -0.25) is 9.89 Å². The number of aromatic amines is 1. The molecule has 100 valence electrons. The van der Waals surface area contributed by atoms with Crippen LogP contribution in [-0.2, 0) is 4.79 Å². The van der Waals surface area contributed by atoms with Gasteiger partial charge >= 0.3 is 0 Å². The zero-order chi connectivity index (χ0) is 13.3. The highest BCUT2D eigenvalue weighted by molar-refractivity contribution is 6.00. The molecule has 0 spiro atoms. The average molecular weight is 258 g/mol. The minimum Gasteiger partial charge on any atom is -0.330 e. The molecule has 1 aromatic carbocycles. The van der Waals surface area contributed by atoms with E-state index in [1.807, 2.05) is 18.2 Å². The number of benzene rings is 1. The lowest BCUT2D eigenvalue weighted by molar-refractivity contribution is -0.119. The number of aromatic nitrogens is 2. The first-order valence-electron chi connectivity index (χ1n) is 6.64. The zero-order valence-corrected chi connectivity index (χ0v) is 10.8. The van der Waals surface area contributed by atoms with E-state index in [2.05, 4.69) is 15.5 Å². The van der Waals surface area contributed by atoms with Crippen LogP contribution >= 0.6 is 0 Å². The molecular weight excluding hydrogens is 240 g/mol. The lowest BCUT2D eigenvalue weighted by Crippen LogP contribution is -2.40. The summed E-state index contributed by atoms with van der Waals surface area (Å²) in [5, 5.41) is 10.8. The van der Waals surface area contributed by atoms with Crippen LogP contribution in [0.5, 0.6) is 0 Å². The minimum atomic E-state index is 0.0361. The Balaban J connectivity index is 1.74. The number of hydrogen-bond donors (Lipinski definition) is 3. The quantitative estimate of drug-likeness (QED) is 0.784. The number of nitrogens with one attached hydrogen (secondary N) is 2. The molecule has 1 fully saturated rings. The van der Waals surface area contributed by atoms with Gasteiger partial charge in [0.2, 0.25) is 5.91 Å². The molecular formula is C14H18N4O. The lowest BCUT2D eigenvalue weighted by atomic mass is 9.66. The van der Waals surface area contributed by atoms with E-state index in [0.29, 0.717) is 13.0 Å². The summed E-state index contributed by atoms with van der Waals surface area (Å²) in [6.07, 6.45) is 5.55. The van der Waals surface area contributed by atoms with Crippen molar-refractivity contribution in [3.05, 3.63) is 24.4 Å². The summed E-state index contributed by atoms with van der Waals surface area (Å²) in [4.78, 5) is 12.1. The highest BCUT2D eigenvalue weighted by atomic mass is 16.1. The number of H-pyrrole nitrogens is 1. The Labute approximate surface area is 111 Å². The Kier molecular flexibility index (Phi) is 2.98. The largest absolute Gasteiger partial charge is 0.330 e. The smallest absolute Gasteiger partial charge is 0.224 e. The number of hydrogen-bond acceptors (Lipinski definition) is 3. The Morgan fingerprint density at radius 2 is 2.32 bits per heavy atom. The van der Waals surface area contributed by atoms with Gasteiger partial charge in [0.1, 0.15) is 0 Å². The van der Waals surface area contributed by atoms with Crippen molar-refractivity contribution < 1.29 is 4.79 Å². The van der Waals surface area contributed by atoms with Gasteiger partial charge in [0.25, 0.3) is 0 Å². The summed E-state index contributed by atoms with van der Waals surface area (Å²) in [7, 11) is 0. The maximum atomic E-state index is 12.1. The third kappa shape index (κ3) is 2.21. The van der Waals surface area contributed by atoms with Gasteiger partial charge in [0, 0.05) is 11.8 Å². The van der Waals surface area contributed by atoms with E-state index in [-0.39, 0.29) is 11.3 Å². The van der Waals surface area contributed by atoms with Crippen LogP contribution in [0.2, 0.25) is 0 Å². The minimum absolute atomic E-state index is 0.0361. The molecule has 1 aromatic heterocycles. The number of carbonyl (C=O) groups excluding carboxylic acids is 1. The molecule has 19 heavy (non-hydrogen) atoms. The van der Waals surface area contributed by atoms with Crippen molar-refractivity contribution in [2.45, 2.75) is 25.7 Å². The Morgan fingerprint density at radius 3 is 3.00 bits per heavy atom. The van der Waals surface area contributed by atoms with Crippen LogP contribution in [0.25, 0.3) is 10.9 Å². The molecule has 1 heterocycles. The molecule has 5 nitrogen and oxygen atoms in total. The first-order valence-corrected chi connectivity index (χ1v) is 6.64. The molecule has 0 aliphatic heterocycles. The molecule has 5 heteroatoms. The van der Waals surface area contributed by atoms with Crippen molar-refractivity contribution in [2.24, 2.45) is 11.1 Å². The van der Waals surface area contributed by atoms with Crippen LogP contribution in [-0.4, -0.2) is 22.6 Å². The van der Waals surface area contributed by atoms with Crippen molar-refractivity contribution in [3.63, 3.8) is 0 Å². The summed E-state index contributed by atoms with van der Waals surface area (Å²) < 4.78 is 0. The molecule has 0 radical (unpaired) electrons. The number of carbonyl (C=O) groups is 1. The van der Waals surface area contributed by atoms with E-state index in [0.717, 1.165) is 29.4 Å². The fourth-order valence-electron chi connectivity index (χ4n) is 2.74. The second kappa shape index (κ2) is 4.66. The molecule has 0 bridgehead atoms. The van der Waals surface area contributed by atoms with Crippen LogP contribution in [0.4, 0.5) is 5.69 Å². The summed E-state index contributed by atoms with van der Waals surface area (Å²) in [6.45, 7) is 0.594. The van der Waals surface area contributed by atoms with Crippen LogP contribution in [0, 0.1) is 5.41 Å². The second-order valence-electron chi connectivity index (χ2n) is 5.42. The van der Waals surface area contributed by atoms with Crippen molar-refractivity contribution in [1.29, 1.82) is 0 Å². The van der Waals surface area contributed by atoms with Crippen LogP contribution in [0.3, 0.4) is 0 Å². The maximum absolute atomic E-state index is 12.1. The number of anilines is 1. The van der Waals surface area contributed by atoms with Crippen molar-refractivity contribution in [2.75, 3.05) is 11.9 Å². The monoisotopic (exact) mass is 258 g/mol. The summed E-state index contributed by atoms with van der Waals surface area (Å²) in [6, 6.07) is 5.73. The SMILES string of the molecule is NCC1(CC(=O)Nc2cccc3[nH]ncc23)CCC1. The van der Waals surface area contributed by atoms with Gasteiger partial charge in [-0.1, -0.05) is 12.5 Å². The summed E-state index contributed by atoms with van der Waals surface area (Å²) >= 11 is 0. The molecule has 0 atom stereocenters. The molecule has 4 N–H and O–H groups in total. The Hall–Kier alpha value is -1.88. The first-order chi connectivity index (χ1) is 9.22. The predicted molar refractivity (Wildman–Crippen MR) is 74.7 cm³/mol. The third-order valence-electron chi connectivity index (χ3n) is 4.14. The molecule has 3 rings (SSSR count). The van der Waals surface area contributed by atoms with Crippen molar-refractivity contribution in [3.8, 4) is 0 Å². The molecule has 0 saturated heterocycles. The van der Waals surface area contributed by atoms with Crippen LogP contribution in [0.15, 0.2) is 24.4 Å². The highest BCUT2D eigenvalue weighted by Gasteiger charge is 2.37. The van der Waals surface area contributed by atoms with Gasteiger partial charge in [0.05, 0.1) is 17.4 Å². The predicted octanol–water partition coefficient (Wildman–Crippen LogP) is 2.02. The van der Waals surface area contributed by atoms with Gasteiger partial charge in [0.15, 0.2) is 0 Å². The molecule has 1 aliphatic carbocycles. The average Bonchev–Trinajstić information content (AvgIpc) is 2.83. The first kappa shape index (κ1) is 12.2. The van der Waals surface area contributed by atoms with Crippen LogP contribution in [0.1, 0.15) is 25.7 Å². The van der Waals surface area contributed by atoms with Gasteiger partial charge < -0.3 is 11.1 Å².